The molecule has 0 atom stereocenters. The van der Waals surface area contributed by atoms with E-state index in [1.165, 1.54) is 0 Å². The minimum atomic E-state index is 0.256. The second-order valence-electron chi connectivity index (χ2n) is 2.89. The summed E-state index contributed by atoms with van der Waals surface area (Å²) in [5.74, 6) is 0.256. The molecule has 0 aliphatic heterocycles. The third kappa shape index (κ3) is 2.87. The molecule has 0 saturated heterocycles. The first-order chi connectivity index (χ1) is 6.24. The molecule has 13 heavy (non-hydrogen) atoms. The van der Waals surface area contributed by atoms with Crippen molar-refractivity contribution < 1.29 is 5.11 Å². The minimum absolute atomic E-state index is 0.256. The molecule has 3 N–H and O–H groups in total. The molecular weight excluding hydrogens is 164 g/mol. The fourth-order valence-electron chi connectivity index (χ4n) is 1.01. The normalized spacial score (nSPS) is 10.9. The number of rotatable bonds is 3. The van der Waals surface area contributed by atoms with Gasteiger partial charge in [-0.3, -0.25) is 4.99 Å². The van der Waals surface area contributed by atoms with Crippen LogP contribution in [0.15, 0.2) is 23.2 Å². The van der Waals surface area contributed by atoms with Crippen LogP contribution >= 0.6 is 0 Å². The number of hydrogen-bond donors (Lipinski definition) is 2. The lowest BCUT2D eigenvalue weighted by Gasteiger charge is -1.99. The van der Waals surface area contributed by atoms with Crippen molar-refractivity contribution in [2.24, 2.45) is 10.7 Å². The molecule has 0 aliphatic carbocycles. The second kappa shape index (κ2) is 4.62. The molecule has 0 saturated carbocycles. The quantitative estimate of drug-likeness (QED) is 0.680. The summed E-state index contributed by atoms with van der Waals surface area (Å²) in [7, 11) is 0. The first-order valence-corrected chi connectivity index (χ1v) is 4.23. The van der Waals surface area contributed by atoms with E-state index < -0.39 is 0 Å². The molecular formula is C10H14N2O. The van der Waals surface area contributed by atoms with E-state index in [0.717, 1.165) is 11.1 Å². The third-order valence-corrected chi connectivity index (χ3v) is 1.67. The number of nitrogens with zero attached hydrogens (tertiary/aromatic N) is 1. The van der Waals surface area contributed by atoms with E-state index in [9.17, 15) is 5.11 Å². The Bertz CT molecular complexity index is 308. The number of hydrogen-bond acceptors (Lipinski definition) is 3. The zero-order valence-corrected chi connectivity index (χ0v) is 7.70. The van der Waals surface area contributed by atoms with Gasteiger partial charge in [-0.25, -0.2) is 0 Å². The zero-order chi connectivity index (χ0) is 9.68. The zero-order valence-electron chi connectivity index (χ0n) is 7.70. The molecule has 1 rings (SSSR count). The van der Waals surface area contributed by atoms with Crippen LogP contribution in [0, 0.1) is 6.92 Å². The van der Waals surface area contributed by atoms with Gasteiger partial charge in [0.15, 0.2) is 0 Å². The van der Waals surface area contributed by atoms with Crippen LogP contribution in [-0.2, 0) is 0 Å². The molecule has 0 radical (unpaired) electrons. The highest BCUT2D eigenvalue weighted by Crippen LogP contribution is 2.15. The van der Waals surface area contributed by atoms with Crippen molar-refractivity contribution in [3.8, 4) is 5.75 Å². The van der Waals surface area contributed by atoms with Gasteiger partial charge in [-0.05, 0) is 19.1 Å². The first kappa shape index (κ1) is 9.74. The van der Waals surface area contributed by atoms with Crippen molar-refractivity contribution >= 4 is 6.21 Å². The average Bonchev–Trinajstić information content (AvgIpc) is 2.11. The van der Waals surface area contributed by atoms with E-state index in [1.807, 2.05) is 19.1 Å². The topological polar surface area (TPSA) is 58.6 Å². The van der Waals surface area contributed by atoms with Gasteiger partial charge in [0.1, 0.15) is 5.75 Å². The fourth-order valence-corrected chi connectivity index (χ4v) is 1.01. The lowest BCUT2D eigenvalue weighted by atomic mass is 10.1. The van der Waals surface area contributed by atoms with Crippen molar-refractivity contribution in [1.82, 2.24) is 0 Å². The summed E-state index contributed by atoms with van der Waals surface area (Å²) in [6, 6.07) is 5.41. The van der Waals surface area contributed by atoms with Crippen LogP contribution in [-0.4, -0.2) is 24.4 Å². The van der Waals surface area contributed by atoms with Gasteiger partial charge in [0.25, 0.3) is 0 Å². The lowest BCUT2D eigenvalue weighted by Crippen LogP contribution is -2.02. The van der Waals surface area contributed by atoms with Crippen LogP contribution in [0.2, 0.25) is 0 Å². The molecule has 0 fully saturated rings. The summed E-state index contributed by atoms with van der Waals surface area (Å²) >= 11 is 0. The molecule has 0 bridgehead atoms. The Hall–Kier alpha value is -1.35. The van der Waals surface area contributed by atoms with Gasteiger partial charge in [0.05, 0.1) is 6.54 Å². The van der Waals surface area contributed by atoms with Gasteiger partial charge in [0.2, 0.25) is 0 Å². The number of aliphatic imine (C=N–C) groups is 1. The fraction of sp³-hybridized carbons (Fsp3) is 0.300. The Morgan fingerprint density at radius 3 is 3.00 bits per heavy atom. The van der Waals surface area contributed by atoms with Crippen LogP contribution in [0.25, 0.3) is 0 Å². The highest BCUT2D eigenvalue weighted by Gasteiger charge is 1.96. The Labute approximate surface area is 77.9 Å². The maximum Gasteiger partial charge on any atom is 0.124 e. The Morgan fingerprint density at radius 2 is 2.31 bits per heavy atom. The number of benzene rings is 1. The molecule has 3 nitrogen and oxygen atoms in total. The van der Waals surface area contributed by atoms with Gasteiger partial charge >= 0.3 is 0 Å². The van der Waals surface area contributed by atoms with Crippen molar-refractivity contribution in [3.63, 3.8) is 0 Å². The third-order valence-electron chi connectivity index (χ3n) is 1.67. The first-order valence-electron chi connectivity index (χ1n) is 4.23. The van der Waals surface area contributed by atoms with Crippen molar-refractivity contribution in [1.29, 1.82) is 0 Å². The molecule has 0 unspecified atom stereocenters. The summed E-state index contributed by atoms with van der Waals surface area (Å²) in [5.41, 5.74) is 7.13. The molecule has 0 aliphatic rings. The maximum absolute atomic E-state index is 9.41. The van der Waals surface area contributed by atoms with Crippen LogP contribution in [0.4, 0.5) is 0 Å². The predicted molar refractivity (Wildman–Crippen MR) is 54.4 cm³/mol. The molecule has 0 heterocycles. The molecule has 0 amide bonds. The van der Waals surface area contributed by atoms with Crippen molar-refractivity contribution in [3.05, 3.63) is 29.3 Å². The molecule has 1 aromatic rings. The summed E-state index contributed by atoms with van der Waals surface area (Å²) in [5, 5.41) is 9.41. The van der Waals surface area contributed by atoms with Gasteiger partial charge in [-0.15, -0.1) is 0 Å². The van der Waals surface area contributed by atoms with E-state index in [4.69, 9.17) is 5.73 Å². The standard InChI is InChI=1S/C10H14N2O/c1-8-2-3-10(13)9(6-8)7-12-5-4-11/h2-3,6-7,13H,4-5,11H2,1H3. The Kier molecular flexibility index (Phi) is 3.46. The number of phenols is 1. The summed E-state index contributed by atoms with van der Waals surface area (Å²) in [4.78, 5) is 4.05. The number of aromatic hydroxyl groups is 1. The van der Waals surface area contributed by atoms with E-state index in [-0.39, 0.29) is 5.75 Å². The summed E-state index contributed by atoms with van der Waals surface area (Å²) < 4.78 is 0. The molecule has 3 heteroatoms. The smallest absolute Gasteiger partial charge is 0.124 e. The van der Waals surface area contributed by atoms with E-state index in [2.05, 4.69) is 4.99 Å². The Balaban J connectivity index is 2.81. The summed E-state index contributed by atoms with van der Waals surface area (Å²) in [6.45, 7) is 3.09. The van der Waals surface area contributed by atoms with Crippen LogP contribution < -0.4 is 5.73 Å². The largest absolute Gasteiger partial charge is 0.507 e. The van der Waals surface area contributed by atoms with Gasteiger partial charge < -0.3 is 10.8 Å². The SMILES string of the molecule is Cc1ccc(O)c(C=NCCN)c1. The Morgan fingerprint density at radius 1 is 1.54 bits per heavy atom. The highest BCUT2D eigenvalue weighted by atomic mass is 16.3. The number of phenolic OH excluding ortho intramolecular Hbond substituents is 1. The van der Waals surface area contributed by atoms with Crippen LogP contribution in [0.5, 0.6) is 5.75 Å². The van der Waals surface area contributed by atoms with Crippen molar-refractivity contribution in [2.75, 3.05) is 13.1 Å². The van der Waals surface area contributed by atoms with E-state index in [1.54, 1.807) is 12.3 Å². The monoisotopic (exact) mass is 178 g/mol. The van der Waals surface area contributed by atoms with E-state index in [0.29, 0.717) is 13.1 Å². The van der Waals surface area contributed by atoms with Crippen LogP contribution in [0.3, 0.4) is 0 Å². The average molecular weight is 178 g/mol. The minimum Gasteiger partial charge on any atom is -0.507 e. The van der Waals surface area contributed by atoms with Gasteiger partial charge in [-0.1, -0.05) is 11.6 Å². The number of nitrogens with two attached hydrogens (primary N) is 1. The number of aryl methyl sites for hydroxylation is 1. The van der Waals surface area contributed by atoms with Gasteiger partial charge in [-0.2, -0.15) is 0 Å². The lowest BCUT2D eigenvalue weighted by molar-refractivity contribution is 0.474. The summed E-state index contributed by atoms with van der Waals surface area (Å²) in [6.07, 6.45) is 1.65. The predicted octanol–water partition coefficient (Wildman–Crippen LogP) is 1.08. The van der Waals surface area contributed by atoms with Crippen molar-refractivity contribution in [2.45, 2.75) is 6.92 Å². The molecule has 70 valence electrons. The molecule has 0 spiro atoms. The molecule has 1 aromatic carbocycles. The molecule has 0 aromatic heterocycles. The highest BCUT2D eigenvalue weighted by molar-refractivity contribution is 5.83. The van der Waals surface area contributed by atoms with Gasteiger partial charge in [0, 0.05) is 18.3 Å². The van der Waals surface area contributed by atoms with E-state index >= 15 is 0 Å². The maximum atomic E-state index is 9.41. The van der Waals surface area contributed by atoms with Crippen LogP contribution in [0.1, 0.15) is 11.1 Å². The second-order valence-corrected chi connectivity index (χ2v) is 2.89.